The molecule has 1 aromatic rings. The molecule has 0 aliphatic rings. The normalized spacial score (nSPS) is 12.3. The van der Waals surface area contributed by atoms with E-state index >= 15 is 0 Å². The quantitative estimate of drug-likeness (QED) is 0.623. The predicted octanol–water partition coefficient (Wildman–Crippen LogP) is 3.19. The van der Waals surface area contributed by atoms with Gasteiger partial charge in [-0.3, -0.25) is 14.9 Å². The van der Waals surface area contributed by atoms with Crippen molar-refractivity contribution in [3.63, 3.8) is 0 Å². The number of hydrogen-bond donors (Lipinski definition) is 2. The van der Waals surface area contributed by atoms with Gasteiger partial charge in [0.1, 0.15) is 5.69 Å². The fourth-order valence-electron chi connectivity index (χ4n) is 1.70. The lowest BCUT2D eigenvalue weighted by molar-refractivity contribution is -0.384. The fourth-order valence-corrected chi connectivity index (χ4v) is 1.70. The maximum Gasteiger partial charge on any atom is 0.293 e. The SMILES string of the molecule is CC(C)NC(=O)c1ccc(NC(C)C(C)C)c([N+](=O)[O-])c1. The molecule has 1 aromatic carbocycles. The maximum atomic E-state index is 11.9. The summed E-state index contributed by atoms with van der Waals surface area (Å²) in [5.41, 5.74) is 0.638. The van der Waals surface area contributed by atoms with Crippen molar-refractivity contribution in [3.8, 4) is 0 Å². The van der Waals surface area contributed by atoms with Gasteiger partial charge >= 0.3 is 0 Å². The molecule has 1 amide bonds. The summed E-state index contributed by atoms with van der Waals surface area (Å²) in [6.07, 6.45) is 0. The van der Waals surface area contributed by atoms with Crippen LogP contribution >= 0.6 is 0 Å². The third kappa shape index (κ3) is 4.73. The minimum Gasteiger partial charge on any atom is -0.377 e. The van der Waals surface area contributed by atoms with Gasteiger partial charge in [-0.25, -0.2) is 0 Å². The van der Waals surface area contributed by atoms with Crippen LogP contribution in [-0.4, -0.2) is 22.9 Å². The van der Waals surface area contributed by atoms with Crippen LogP contribution in [0.15, 0.2) is 18.2 Å². The van der Waals surface area contributed by atoms with Gasteiger partial charge in [0.15, 0.2) is 0 Å². The average Bonchev–Trinajstić information content (AvgIpc) is 2.37. The molecule has 0 heterocycles. The third-order valence-electron chi connectivity index (χ3n) is 3.26. The standard InChI is InChI=1S/C15H23N3O3/c1-9(2)11(5)17-13-7-6-12(8-14(13)18(20)21)15(19)16-10(3)4/h6-11,17H,1-5H3,(H,16,19). The van der Waals surface area contributed by atoms with Crippen LogP contribution in [0.2, 0.25) is 0 Å². The zero-order chi connectivity index (χ0) is 16.2. The fraction of sp³-hybridized carbons (Fsp3) is 0.533. The van der Waals surface area contributed by atoms with Crippen LogP contribution in [-0.2, 0) is 0 Å². The van der Waals surface area contributed by atoms with E-state index in [9.17, 15) is 14.9 Å². The first-order chi connectivity index (χ1) is 9.72. The van der Waals surface area contributed by atoms with Crippen LogP contribution < -0.4 is 10.6 Å². The predicted molar refractivity (Wildman–Crippen MR) is 83.6 cm³/mol. The number of nitro benzene ring substituents is 1. The molecular weight excluding hydrogens is 270 g/mol. The number of nitro groups is 1. The molecule has 6 nitrogen and oxygen atoms in total. The van der Waals surface area contributed by atoms with Crippen molar-refractivity contribution in [2.45, 2.75) is 46.7 Å². The summed E-state index contributed by atoms with van der Waals surface area (Å²) in [5.74, 6) is 0.0325. The maximum absolute atomic E-state index is 11.9. The summed E-state index contributed by atoms with van der Waals surface area (Å²) in [7, 11) is 0. The van der Waals surface area contributed by atoms with Crippen molar-refractivity contribution >= 4 is 17.3 Å². The number of benzene rings is 1. The second kappa shape index (κ2) is 7.06. The molecular formula is C15H23N3O3. The molecule has 0 radical (unpaired) electrons. The van der Waals surface area contributed by atoms with Gasteiger partial charge in [-0.15, -0.1) is 0 Å². The van der Waals surface area contributed by atoms with Crippen molar-refractivity contribution < 1.29 is 9.72 Å². The lowest BCUT2D eigenvalue weighted by Gasteiger charge is -2.19. The van der Waals surface area contributed by atoms with Gasteiger partial charge in [-0.2, -0.15) is 0 Å². The Morgan fingerprint density at radius 2 is 1.81 bits per heavy atom. The zero-order valence-corrected chi connectivity index (χ0v) is 13.1. The molecule has 0 fully saturated rings. The van der Waals surface area contributed by atoms with Gasteiger partial charge in [-0.1, -0.05) is 13.8 Å². The summed E-state index contributed by atoms with van der Waals surface area (Å²) >= 11 is 0. The van der Waals surface area contributed by atoms with Gasteiger partial charge < -0.3 is 10.6 Å². The van der Waals surface area contributed by atoms with Gasteiger partial charge in [0, 0.05) is 23.7 Å². The van der Waals surface area contributed by atoms with E-state index in [2.05, 4.69) is 10.6 Å². The Morgan fingerprint density at radius 3 is 2.29 bits per heavy atom. The molecule has 6 heteroatoms. The van der Waals surface area contributed by atoms with Crippen LogP contribution in [0.4, 0.5) is 11.4 Å². The molecule has 0 saturated carbocycles. The highest BCUT2D eigenvalue weighted by Crippen LogP contribution is 2.27. The number of nitrogens with zero attached hydrogens (tertiary/aromatic N) is 1. The van der Waals surface area contributed by atoms with E-state index in [0.717, 1.165) is 0 Å². The molecule has 0 aromatic heterocycles. The number of nitrogens with one attached hydrogen (secondary N) is 2. The second-order valence-electron chi connectivity index (χ2n) is 5.79. The van der Waals surface area contributed by atoms with Gasteiger partial charge in [-0.05, 0) is 38.8 Å². The molecule has 0 bridgehead atoms. The Bertz CT molecular complexity index is 527. The summed E-state index contributed by atoms with van der Waals surface area (Å²) < 4.78 is 0. The van der Waals surface area contributed by atoms with Crippen LogP contribution in [0.25, 0.3) is 0 Å². The lowest BCUT2D eigenvalue weighted by Crippen LogP contribution is -2.30. The van der Waals surface area contributed by atoms with E-state index in [1.54, 1.807) is 12.1 Å². The molecule has 0 spiro atoms. The van der Waals surface area contributed by atoms with Gasteiger partial charge in [0.25, 0.3) is 11.6 Å². The Balaban J connectivity index is 3.07. The second-order valence-corrected chi connectivity index (χ2v) is 5.79. The highest BCUT2D eigenvalue weighted by atomic mass is 16.6. The molecule has 116 valence electrons. The molecule has 1 atom stereocenters. The number of hydrogen-bond acceptors (Lipinski definition) is 4. The van der Waals surface area contributed by atoms with Crippen molar-refractivity contribution in [1.82, 2.24) is 5.32 Å². The molecule has 0 aliphatic carbocycles. The Morgan fingerprint density at radius 1 is 1.19 bits per heavy atom. The highest BCUT2D eigenvalue weighted by Gasteiger charge is 2.19. The van der Waals surface area contributed by atoms with Gasteiger partial charge in [0.05, 0.1) is 4.92 Å². The van der Waals surface area contributed by atoms with Crippen LogP contribution in [0.5, 0.6) is 0 Å². The number of rotatable bonds is 6. The van der Waals surface area contributed by atoms with Gasteiger partial charge in [0.2, 0.25) is 0 Å². The minimum absolute atomic E-state index is 0.0182. The lowest BCUT2D eigenvalue weighted by atomic mass is 10.1. The van der Waals surface area contributed by atoms with Crippen molar-refractivity contribution in [2.24, 2.45) is 5.92 Å². The first kappa shape index (κ1) is 16.9. The smallest absolute Gasteiger partial charge is 0.293 e. The molecule has 0 aliphatic heterocycles. The van der Waals surface area contributed by atoms with E-state index in [1.807, 2.05) is 34.6 Å². The van der Waals surface area contributed by atoms with Crippen LogP contribution in [0.1, 0.15) is 45.0 Å². The number of carbonyl (C=O) groups is 1. The molecule has 0 saturated heterocycles. The van der Waals surface area contributed by atoms with E-state index in [1.165, 1.54) is 6.07 Å². The number of amides is 1. The third-order valence-corrected chi connectivity index (χ3v) is 3.26. The van der Waals surface area contributed by atoms with Crippen molar-refractivity contribution in [1.29, 1.82) is 0 Å². The monoisotopic (exact) mass is 293 g/mol. The van der Waals surface area contributed by atoms with E-state index in [0.29, 0.717) is 11.6 Å². The van der Waals surface area contributed by atoms with Crippen LogP contribution in [0.3, 0.4) is 0 Å². The largest absolute Gasteiger partial charge is 0.377 e. The van der Waals surface area contributed by atoms with E-state index in [4.69, 9.17) is 0 Å². The minimum atomic E-state index is -0.471. The molecule has 2 N–H and O–H groups in total. The van der Waals surface area contributed by atoms with E-state index in [-0.39, 0.29) is 29.2 Å². The number of carbonyl (C=O) groups excluding carboxylic acids is 1. The average molecular weight is 293 g/mol. The first-order valence-corrected chi connectivity index (χ1v) is 7.08. The Labute approximate surface area is 125 Å². The topological polar surface area (TPSA) is 84.3 Å². The first-order valence-electron chi connectivity index (χ1n) is 7.08. The van der Waals surface area contributed by atoms with E-state index < -0.39 is 4.92 Å². The van der Waals surface area contributed by atoms with Crippen molar-refractivity contribution in [3.05, 3.63) is 33.9 Å². The number of anilines is 1. The summed E-state index contributed by atoms with van der Waals surface area (Å²) in [6, 6.07) is 4.58. The molecule has 1 rings (SSSR count). The zero-order valence-electron chi connectivity index (χ0n) is 13.1. The van der Waals surface area contributed by atoms with Crippen LogP contribution in [0, 0.1) is 16.0 Å². The molecule has 1 unspecified atom stereocenters. The Kier molecular flexibility index (Phi) is 5.69. The summed E-state index contributed by atoms with van der Waals surface area (Å²) in [4.78, 5) is 22.7. The molecule has 21 heavy (non-hydrogen) atoms. The Hall–Kier alpha value is -2.11. The van der Waals surface area contributed by atoms with Crippen molar-refractivity contribution in [2.75, 3.05) is 5.32 Å². The highest BCUT2D eigenvalue weighted by molar-refractivity contribution is 5.95. The summed E-state index contributed by atoms with van der Waals surface area (Å²) in [6.45, 7) is 9.72. The summed E-state index contributed by atoms with van der Waals surface area (Å²) in [5, 5.41) is 17.1.